The maximum Gasteiger partial charge on any atom is 0.509 e. The molecule has 1 N–H and O–H groups in total. The highest BCUT2D eigenvalue weighted by Gasteiger charge is 2.52. The fourth-order valence-electron chi connectivity index (χ4n) is 6.74. The van der Waals surface area contributed by atoms with E-state index in [4.69, 9.17) is 33.2 Å². The first kappa shape index (κ1) is 37.6. The Kier molecular flexibility index (Phi) is 12.6. The molecule has 3 saturated heterocycles. The predicted molar refractivity (Wildman–Crippen MR) is 162 cm³/mol. The molecule has 0 aromatic heterocycles. The molecular weight excluding hydrogens is 604 g/mol. The normalized spacial score (nSPS) is 41.3. The van der Waals surface area contributed by atoms with E-state index in [-0.39, 0.29) is 25.0 Å². The van der Waals surface area contributed by atoms with E-state index in [1.807, 2.05) is 25.9 Å². The third-order valence-corrected chi connectivity index (χ3v) is 9.42. The first-order valence-electron chi connectivity index (χ1n) is 16.1. The van der Waals surface area contributed by atoms with E-state index in [1.165, 1.54) is 21.0 Å². The molecule has 0 bridgehead atoms. The van der Waals surface area contributed by atoms with Crippen LogP contribution in [0.2, 0.25) is 0 Å². The molecule has 3 aliphatic heterocycles. The van der Waals surface area contributed by atoms with Gasteiger partial charge in [0.25, 0.3) is 0 Å². The number of carbonyl (C=O) groups is 5. The average Bonchev–Trinajstić information content (AvgIpc) is 3.37. The molecule has 0 spiro atoms. The number of ether oxygens (including phenoxy) is 7. The van der Waals surface area contributed by atoms with Gasteiger partial charge in [0.1, 0.15) is 12.0 Å². The average molecular weight is 657 g/mol. The highest BCUT2D eigenvalue weighted by atomic mass is 16.8. The van der Waals surface area contributed by atoms with Crippen LogP contribution in [0.25, 0.3) is 0 Å². The monoisotopic (exact) mass is 656 g/mol. The molecule has 14 heteroatoms. The second-order valence-electron chi connectivity index (χ2n) is 13.3. The van der Waals surface area contributed by atoms with Crippen molar-refractivity contribution in [2.45, 2.75) is 135 Å². The minimum absolute atomic E-state index is 0.169. The fourth-order valence-corrected chi connectivity index (χ4v) is 6.74. The van der Waals surface area contributed by atoms with Crippen molar-refractivity contribution in [1.82, 2.24) is 10.2 Å². The molecule has 0 aromatic rings. The summed E-state index contributed by atoms with van der Waals surface area (Å²) in [5.74, 6) is -5.30. The number of ketones is 1. The fraction of sp³-hybridized carbons (Fsp3) is 0.844. The number of likely N-dealkylation sites (N-methyl/N-ethyl adjacent to an activating group) is 1. The molecule has 0 aromatic carbocycles. The van der Waals surface area contributed by atoms with Crippen LogP contribution in [0.3, 0.4) is 0 Å². The summed E-state index contributed by atoms with van der Waals surface area (Å²) in [6.45, 7) is 13.1. The number of rotatable bonds is 6. The molecule has 0 radical (unpaired) electrons. The Hall–Kier alpha value is -2.81. The molecule has 13 atom stereocenters. The first-order chi connectivity index (χ1) is 21.4. The standard InChI is InChI=1S/C32H52N2O12/c1-12-22-26-24(44-31(39)45-26)19(6)28(37)33-15(2)14-32(8,40-11)27(17(4)23(36)18(5)29(38)43-22)46-30-25(42-20(7)35)21(34(9)10)13-16(3)41-30/h15-19,21-22,24-27,30H,12-14H2,1-11H3,(H,33,37)/t15-,16-,17+,18-,19-,21-,22-,24+,25-,26-,27+,30+,32-/m1/s1. The summed E-state index contributed by atoms with van der Waals surface area (Å²) >= 11 is 0. The molecule has 3 aliphatic rings. The summed E-state index contributed by atoms with van der Waals surface area (Å²) in [5, 5.41) is 2.96. The van der Waals surface area contributed by atoms with Crippen LogP contribution in [0.4, 0.5) is 4.79 Å². The summed E-state index contributed by atoms with van der Waals surface area (Å²) in [7, 11) is 5.21. The van der Waals surface area contributed by atoms with Crippen molar-refractivity contribution >= 4 is 29.8 Å². The van der Waals surface area contributed by atoms with Crippen LogP contribution in [-0.2, 0) is 52.3 Å². The third kappa shape index (κ3) is 8.36. The van der Waals surface area contributed by atoms with Gasteiger partial charge in [-0.3, -0.25) is 19.2 Å². The lowest BCUT2D eigenvalue weighted by atomic mass is 9.79. The van der Waals surface area contributed by atoms with Gasteiger partial charge < -0.3 is 43.4 Å². The van der Waals surface area contributed by atoms with Crippen LogP contribution < -0.4 is 5.32 Å². The van der Waals surface area contributed by atoms with Crippen molar-refractivity contribution < 1.29 is 57.1 Å². The van der Waals surface area contributed by atoms with Crippen LogP contribution in [-0.4, -0.2) is 116 Å². The van der Waals surface area contributed by atoms with Crippen molar-refractivity contribution in [2.24, 2.45) is 17.8 Å². The molecule has 0 aliphatic carbocycles. The number of esters is 2. The van der Waals surface area contributed by atoms with Gasteiger partial charge in [-0.05, 0) is 68.0 Å². The van der Waals surface area contributed by atoms with Gasteiger partial charge in [0.05, 0.1) is 29.8 Å². The van der Waals surface area contributed by atoms with E-state index in [2.05, 4.69) is 5.32 Å². The summed E-state index contributed by atoms with van der Waals surface area (Å²) in [6.07, 6.45) is -6.26. The van der Waals surface area contributed by atoms with E-state index >= 15 is 0 Å². The zero-order valence-corrected chi connectivity index (χ0v) is 28.9. The van der Waals surface area contributed by atoms with Gasteiger partial charge in [-0.1, -0.05) is 13.8 Å². The van der Waals surface area contributed by atoms with E-state index in [0.29, 0.717) is 6.42 Å². The van der Waals surface area contributed by atoms with Crippen molar-refractivity contribution in [3.63, 3.8) is 0 Å². The number of hydrogen-bond acceptors (Lipinski definition) is 13. The minimum Gasteiger partial charge on any atom is -0.458 e. The highest BCUT2D eigenvalue weighted by Crippen LogP contribution is 2.37. The number of amides is 1. The molecule has 3 fully saturated rings. The molecule has 3 heterocycles. The zero-order chi connectivity index (χ0) is 34.7. The Bertz CT molecular complexity index is 1130. The van der Waals surface area contributed by atoms with Gasteiger partial charge in [0, 0.05) is 26.0 Å². The summed E-state index contributed by atoms with van der Waals surface area (Å²) < 4.78 is 41.1. The Morgan fingerprint density at radius 1 is 1.00 bits per heavy atom. The number of fused-ring (bicyclic) bond motifs is 1. The molecule has 0 unspecified atom stereocenters. The van der Waals surface area contributed by atoms with Crippen LogP contribution in [0.5, 0.6) is 0 Å². The van der Waals surface area contributed by atoms with E-state index in [0.717, 1.165) is 0 Å². The van der Waals surface area contributed by atoms with Gasteiger partial charge in [-0.2, -0.15) is 0 Å². The Morgan fingerprint density at radius 2 is 1.63 bits per heavy atom. The molecule has 262 valence electrons. The maximum atomic E-state index is 14.1. The van der Waals surface area contributed by atoms with Gasteiger partial charge in [-0.25, -0.2) is 4.79 Å². The van der Waals surface area contributed by atoms with Gasteiger partial charge in [0.15, 0.2) is 30.4 Å². The van der Waals surface area contributed by atoms with Gasteiger partial charge in [-0.15, -0.1) is 0 Å². The van der Waals surface area contributed by atoms with Crippen LogP contribution in [0.1, 0.15) is 74.7 Å². The second-order valence-corrected chi connectivity index (χ2v) is 13.3. The second kappa shape index (κ2) is 15.4. The number of nitrogens with zero attached hydrogens (tertiary/aromatic N) is 1. The molecule has 0 saturated carbocycles. The van der Waals surface area contributed by atoms with Crippen molar-refractivity contribution in [2.75, 3.05) is 21.2 Å². The lowest BCUT2D eigenvalue weighted by Gasteiger charge is -2.47. The van der Waals surface area contributed by atoms with E-state index in [1.54, 1.807) is 34.6 Å². The van der Waals surface area contributed by atoms with Crippen molar-refractivity contribution in [1.29, 1.82) is 0 Å². The minimum atomic E-state index is -1.24. The van der Waals surface area contributed by atoms with Crippen molar-refractivity contribution in [3.8, 4) is 0 Å². The predicted octanol–water partition coefficient (Wildman–Crippen LogP) is 2.39. The van der Waals surface area contributed by atoms with Crippen LogP contribution >= 0.6 is 0 Å². The van der Waals surface area contributed by atoms with E-state index in [9.17, 15) is 24.0 Å². The Balaban J connectivity index is 2.07. The Morgan fingerprint density at radius 3 is 2.20 bits per heavy atom. The highest BCUT2D eigenvalue weighted by molar-refractivity contribution is 6.00. The summed E-state index contributed by atoms with van der Waals surface area (Å²) in [6, 6.07) is -0.771. The summed E-state index contributed by atoms with van der Waals surface area (Å²) in [4.78, 5) is 67.2. The molecular formula is C32H52N2O12. The van der Waals surface area contributed by atoms with Crippen molar-refractivity contribution in [3.05, 3.63) is 0 Å². The number of carbonyl (C=O) groups excluding carboxylic acids is 5. The van der Waals surface area contributed by atoms with Crippen LogP contribution in [0.15, 0.2) is 0 Å². The van der Waals surface area contributed by atoms with Gasteiger partial charge >= 0.3 is 18.1 Å². The lowest BCUT2D eigenvalue weighted by Crippen LogP contribution is -2.60. The number of nitrogens with one attached hydrogen (secondary N) is 1. The molecule has 1 amide bonds. The first-order valence-corrected chi connectivity index (χ1v) is 16.1. The number of cyclic esters (lactones) is 1. The topological polar surface area (TPSA) is 165 Å². The molecule has 46 heavy (non-hydrogen) atoms. The largest absolute Gasteiger partial charge is 0.509 e. The van der Waals surface area contributed by atoms with E-state index < -0.39 is 96.0 Å². The number of hydrogen-bond donors (Lipinski definition) is 1. The molecule has 3 rings (SSSR count). The number of methoxy groups -OCH3 is 1. The lowest BCUT2D eigenvalue weighted by molar-refractivity contribution is -0.297. The molecule has 14 nitrogen and oxygen atoms in total. The SMILES string of the molecule is CC[C@H]1OC(=O)[C@H](C)C(=O)[C@H](C)[C@H](O[C@@H]2O[C@H](C)C[C@@H](N(C)C)[C@H]2OC(C)=O)[C@](C)(OC)C[C@@H](C)NC(=O)[C@H](C)[C@@H]2OC(=O)O[C@@H]21. The summed E-state index contributed by atoms with van der Waals surface area (Å²) in [5.41, 5.74) is -1.23. The number of Topliss-reactive ketones (excluding diaryl/α,β-unsaturated/α-hetero) is 1. The zero-order valence-electron chi connectivity index (χ0n) is 28.9. The quantitative estimate of drug-likeness (QED) is 0.252. The Labute approximate surface area is 271 Å². The van der Waals surface area contributed by atoms with Gasteiger partial charge in [0.2, 0.25) is 5.91 Å². The third-order valence-electron chi connectivity index (χ3n) is 9.42. The maximum absolute atomic E-state index is 14.1. The van der Waals surface area contributed by atoms with Crippen LogP contribution in [0, 0.1) is 17.8 Å². The smallest absolute Gasteiger partial charge is 0.458 e.